The number of allylic oxidation sites excluding steroid dienone is 3. The van der Waals surface area contributed by atoms with Crippen LogP contribution in [-0.4, -0.2) is 6.54 Å². The summed E-state index contributed by atoms with van der Waals surface area (Å²) in [5.74, 6) is 0. The van der Waals surface area contributed by atoms with Crippen LogP contribution in [0.2, 0.25) is 0 Å². The minimum atomic E-state index is 0.902. The van der Waals surface area contributed by atoms with Gasteiger partial charge in [0.15, 0.2) is 0 Å². The fourth-order valence-electron chi connectivity index (χ4n) is 0.839. The van der Waals surface area contributed by atoms with Crippen LogP contribution in [0.1, 0.15) is 13.8 Å². The van der Waals surface area contributed by atoms with Crippen molar-refractivity contribution in [3.8, 4) is 0 Å². The van der Waals surface area contributed by atoms with Crippen molar-refractivity contribution in [3.05, 3.63) is 23.4 Å². The molecule has 1 heterocycles. The SMILES string of the molecule is CC1=CCNNC(C)=C1. The number of nitrogens with one attached hydrogen (secondary N) is 2. The molecular formula is C7H12N2. The van der Waals surface area contributed by atoms with Gasteiger partial charge in [0.05, 0.1) is 0 Å². The molecule has 0 bridgehead atoms. The Labute approximate surface area is 55.6 Å². The van der Waals surface area contributed by atoms with E-state index in [1.165, 1.54) is 11.3 Å². The van der Waals surface area contributed by atoms with E-state index in [-0.39, 0.29) is 0 Å². The Morgan fingerprint density at radius 1 is 1.44 bits per heavy atom. The second-order valence-corrected chi connectivity index (χ2v) is 2.28. The summed E-state index contributed by atoms with van der Waals surface area (Å²) in [4.78, 5) is 0. The first-order chi connectivity index (χ1) is 4.29. The number of hydrogen-bond acceptors (Lipinski definition) is 2. The Bertz CT molecular complexity index is 156. The van der Waals surface area contributed by atoms with Gasteiger partial charge < -0.3 is 5.43 Å². The van der Waals surface area contributed by atoms with Gasteiger partial charge in [-0.2, -0.15) is 0 Å². The number of rotatable bonds is 0. The van der Waals surface area contributed by atoms with E-state index in [1.54, 1.807) is 0 Å². The first-order valence-electron chi connectivity index (χ1n) is 3.13. The molecule has 0 fully saturated rings. The highest BCUT2D eigenvalue weighted by Gasteiger charge is 1.91. The minimum Gasteiger partial charge on any atom is -0.326 e. The lowest BCUT2D eigenvalue weighted by Gasteiger charge is -2.01. The van der Waals surface area contributed by atoms with E-state index in [0.717, 1.165) is 6.54 Å². The summed E-state index contributed by atoms with van der Waals surface area (Å²) in [7, 11) is 0. The largest absolute Gasteiger partial charge is 0.326 e. The summed E-state index contributed by atoms with van der Waals surface area (Å²) in [6, 6.07) is 0. The number of hydrogen-bond donors (Lipinski definition) is 2. The maximum atomic E-state index is 3.03. The Kier molecular flexibility index (Phi) is 1.90. The zero-order chi connectivity index (χ0) is 6.69. The first-order valence-corrected chi connectivity index (χ1v) is 3.13. The van der Waals surface area contributed by atoms with Crippen LogP contribution in [0.25, 0.3) is 0 Å². The zero-order valence-corrected chi connectivity index (χ0v) is 5.86. The van der Waals surface area contributed by atoms with Crippen molar-refractivity contribution in [2.24, 2.45) is 0 Å². The predicted molar refractivity (Wildman–Crippen MR) is 38.7 cm³/mol. The molecule has 1 aliphatic rings. The molecule has 0 unspecified atom stereocenters. The normalized spacial score (nSPS) is 19.3. The molecule has 0 atom stereocenters. The van der Waals surface area contributed by atoms with Crippen LogP contribution in [-0.2, 0) is 0 Å². The highest BCUT2D eigenvalue weighted by molar-refractivity contribution is 5.21. The Morgan fingerprint density at radius 2 is 2.22 bits per heavy atom. The second kappa shape index (κ2) is 2.69. The lowest BCUT2D eigenvalue weighted by atomic mass is 10.2. The van der Waals surface area contributed by atoms with Crippen molar-refractivity contribution in [3.63, 3.8) is 0 Å². The van der Waals surface area contributed by atoms with Crippen molar-refractivity contribution in [2.45, 2.75) is 13.8 Å². The van der Waals surface area contributed by atoms with Crippen molar-refractivity contribution >= 4 is 0 Å². The third kappa shape index (κ3) is 1.90. The van der Waals surface area contributed by atoms with Gasteiger partial charge >= 0.3 is 0 Å². The predicted octanol–water partition coefficient (Wildman–Crippen LogP) is 0.944. The van der Waals surface area contributed by atoms with E-state index < -0.39 is 0 Å². The highest BCUT2D eigenvalue weighted by Crippen LogP contribution is 1.99. The highest BCUT2D eigenvalue weighted by atomic mass is 15.4. The molecule has 0 radical (unpaired) electrons. The summed E-state index contributed by atoms with van der Waals surface area (Å²) in [6.07, 6.45) is 4.25. The molecule has 0 saturated heterocycles. The topological polar surface area (TPSA) is 24.1 Å². The summed E-state index contributed by atoms with van der Waals surface area (Å²) in [5, 5.41) is 0. The lowest BCUT2D eigenvalue weighted by Crippen LogP contribution is -2.28. The summed E-state index contributed by atoms with van der Waals surface area (Å²) >= 11 is 0. The van der Waals surface area contributed by atoms with Gasteiger partial charge in [-0.05, 0) is 19.9 Å². The molecule has 2 heteroatoms. The van der Waals surface area contributed by atoms with Crippen LogP contribution in [0.3, 0.4) is 0 Å². The Morgan fingerprint density at radius 3 is 3.00 bits per heavy atom. The van der Waals surface area contributed by atoms with Gasteiger partial charge in [-0.15, -0.1) is 0 Å². The summed E-state index contributed by atoms with van der Waals surface area (Å²) in [5.41, 5.74) is 8.54. The fourth-order valence-corrected chi connectivity index (χ4v) is 0.839. The van der Waals surface area contributed by atoms with Crippen LogP contribution >= 0.6 is 0 Å². The van der Waals surface area contributed by atoms with Crippen LogP contribution in [0.15, 0.2) is 23.4 Å². The molecule has 1 aliphatic heterocycles. The van der Waals surface area contributed by atoms with Crippen molar-refractivity contribution < 1.29 is 0 Å². The molecule has 2 N–H and O–H groups in total. The molecule has 50 valence electrons. The summed E-state index contributed by atoms with van der Waals surface area (Å²) in [6.45, 7) is 5.04. The molecule has 0 aromatic carbocycles. The van der Waals surface area contributed by atoms with E-state index in [2.05, 4.69) is 29.9 Å². The van der Waals surface area contributed by atoms with Crippen molar-refractivity contribution in [1.29, 1.82) is 0 Å². The number of hydrazine groups is 1. The van der Waals surface area contributed by atoms with Gasteiger partial charge in [0.1, 0.15) is 0 Å². The minimum absolute atomic E-state index is 0.902. The quantitative estimate of drug-likeness (QED) is 0.502. The summed E-state index contributed by atoms with van der Waals surface area (Å²) < 4.78 is 0. The van der Waals surface area contributed by atoms with Gasteiger partial charge in [0.2, 0.25) is 0 Å². The van der Waals surface area contributed by atoms with Crippen LogP contribution in [0, 0.1) is 0 Å². The molecule has 0 saturated carbocycles. The van der Waals surface area contributed by atoms with E-state index in [4.69, 9.17) is 0 Å². The average molecular weight is 124 g/mol. The molecular weight excluding hydrogens is 112 g/mol. The zero-order valence-electron chi connectivity index (χ0n) is 5.86. The maximum absolute atomic E-state index is 3.03. The third-order valence-corrected chi connectivity index (χ3v) is 1.26. The molecule has 2 nitrogen and oxygen atoms in total. The van der Waals surface area contributed by atoms with Crippen molar-refractivity contribution in [1.82, 2.24) is 10.9 Å². The molecule has 0 amide bonds. The molecule has 0 spiro atoms. The molecule has 0 aliphatic carbocycles. The fraction of sp³-hybridized carbons (Fsp3) is 0.429. The van der Waals surface area contributed by atoms with Crippen LogP contribution in [0.4, 0.5) is 0 Å². The lowest BCUT2D eigenvalue weighted by molar-refractivity contribution is 0.653. The van der Waals surface area contributed by atoms with Gasteiger partial charge in [0.25, 0.3) is 0 Å². The average Bonchev–Trinajstić information content (AvgIpc) is 1.93. The van der Waals surface area contributed by atoms with Gasteiger partial charge in [0, 0.05) is 12.2 Å². The van der Waals surface area contributed by atoms with E-state index in [1.807, 2.05) is 6.92 Å². The van der Waals surface area contributed by atoms with Crippen LogP contribution in [0.5, 0.6) is 0 Å². The Hall–Kier alpha value is -0.760. The molecule has 9 heavy (non-hydrogen) atoms. The molecule has 0 aromatic rings. The van der Waals surface area contributed by atoms with E-state index >= 15 is 0 Å². The second-order valence-electron chi connectivity index (χ2n) is 2.28. The van der Waals surface area contributed by atoms with Crippen LogP contribution < -0.4 is 10.9 Å². The van der Waals surface area contributed by atoms with E-state index in [9.17, 15) is 0 Å². The standard InChI is InChI=1S/C7H12N2/c1-6-3-4-8-9-7(2)5-6/h3,5,8-9H,4H2,1-2H3. The van der Waals surface area contributed by atoms with Gasteiger partial charge in [-0.3, -0.25) is 0 Å². The van der Waals surface area contributed by atoms with Gasteiger partial charge in [-0.1, -0.05) is 11.6 Å². The maximum Gasteiger partial charge on any atom is 0.0334 e. The smallest absolute Gasteiger partial charge is 0.0334 e. The molecule has 1 rings (SSSR count). The third-order valence-electron chi connectivity index (χ3n) is 1.26. The van der Waals surface area contributed by atoms with E-state index in [0.29, 0.717) is 0 Å². The van der Waals surface area contributed by atoms with Crippen molar-refractivity contribution in [2.75, 3.05) is 6.54 Å². The Balaban J connectivity index is 2.67. The monoisotopic (exact) mass is 124 g/mol. The molecule has 0 aromatic heterocycles. The van der Waals surface area contributed by atoms with Gasteiger partial charge in [-0.25, -0.2) is 5.43 Å². The first kappa shape index (κ1) is 6.36.